The zero-order valence-corrected chi connectivity index (χ0v) is 14.3. The summed E-state index contributed by atoms with van der Waals surface area (Å²) < 4.78 is 0. The Balaban J connectivity index is 1.73. The summed E-state index contributed by atoms with van der Waals surface area (Å²) >= 11 is 1.62. The zero-order valence-electron chi connectivity index (χ0n) is 13.5. The summed E-state index contributed by atoms with van der Waals surface area (Å²) in [5, 5.41) is 7.06. The van der Waals surface area contributed by atoms with Crippen LogP contribution in [0.3, 0.4) is 0 Å². The summed E-state index contributed by atoms with van der Waals surface area (Å²) in [6, 6.07) is 11.9. The highest BCUT2D eigenvalue weighted by molar-refractivity contribution is 7.08. The van der Waals surface area contributed by atoms with Crippen molar-refractivity contribution in [1.29, 1.82) is 0 Å². The van der Waals surface area contributed by atoms with Crippen molar-refractivity contribution in [2.24, 2.45) is 0 Å². The Morgan fingerprint density at radius 1 is 1.17 bits per heavy atom. The van der Waals surface area contributed by atoms with Crippen molar-refractivity contribution in [3.63, 3.8) is 0 Å². The minimum absolute atomic E-state index is 0.0191. The largest absolute Gasteiger partial charge is 0.350 e. The van der Waals surface area contributed by atoms with Crippen LogP contribution in [0.2, 0.25) is 0 Å². The normalized spacial score (nSPS) is 11.9. The first-order valence-electron chi connectivity index (χ1n) is 7.94. The molecule has 2 heterocycles. The summed E-state index contributed by atoms with van der Waals surface area (Å²) in [6.45, 7) is 2.40. The molecule has 0 bridgehead atoms. The van der Waals surface area contributed by atoms with Crippen molar-refractivity contribution in [3.8, 4) is 11.3 Å². The molecule has 122 valence electrons. The molecule has 4 nitrogen and oxygen atoms in total. The lowest BCUT2D eigenvalue weighted by molar-refractivity contribution is -0.122. The molecule has 0 saturated heterocycles. The van der Waals surface area contributed by atoms with Gasteiger partial charge in [0, 0.05) is 23.3 Å². The molecule has 5 heteroatoms. The zero-order chi connectivity index (χ0) is 16.8. The lowest BCUT2D eigenvalue weighted by atomic mass is 9.95. The van der Waals surface area contributed by atoms with Crippen LogP contribution in [-0.4, -0.2) is 15.9 Å². The fraction of sp³-hybridized carbons (Fsp3) is 0.211. The minimum atomic E-state index is -0.146. The number of hydrogen-bond donors (Lipinski definition) is 1. The Morgan fingerprint density at radius 3 is 2.67 bits per heavy atom. The highest BCUT2D eigenvalue weighted by atomic mass is 32.1. The molecule has 0 fully saturated rings. The van der Waals surface area contributed by atoms with Gasteiger partial charge in [-0.2, -0.15) is 11.3 Å². The molecule has 1 N–H and O–H groups in total. The van der Waals surface area contributed by atoms with E-state index in [2.05, 4.69) is 15.3 Å². The van der Waals surface area contributed by atoms with Gasteiger partial charge >= 0.3 is 0 Å². The quantitative estimate of drug-likeness (QED) is 0.739. The van der Waals surface area contributed by atoms with Crippen molar-refractivity contribution >= 4 is 17.2 Å². The topological polar surface area (TPSA) is 54.9 Å². The van der Waals surface area contributed by atoms with Gasteiger partial charge in [0.05, 0.1) is 23.9 Å². The maximum Gasteiger partial charge on any atom is 0.227 e. The van der Waals surface area contributed by atoms with E-state index in [-0.39, 0.29) is 11.8 Å². The van der Waals surface area contributed by atoms with E-state index in [0.29, 0.717) is 6.54 Å². The molecular weight excluding hydrogens is 318 g/mol. The van der Waals surface area contributed by atoms with Crippen LogP contribution in [0.25, 0.3) is 11.3 Å². The van der Waals surface area contributed by atoms with E-state index in [1.165, 1.54) is 0 Å². The predicted molar refractivity (Wildman–Crippen MR) is 96.7 cm³/mol. The monoisotopic (exact) mass is 337 g/mol. The van der Waals surface area contributed by atoms with Gasteiger partial charge in [-0.1, -0.05) is 37.3 Å². The van der Waals surface area contributed by atoms with Gasteiger partial charge < -0.3 is 5.32 Å². The number of nitrogens with zero attached hydrogens (tertiary/aromatic N) is 2. The van der Waals surface area contributed by atoms with E-state index in [0.717, 1.165) is 28.9 Å². The fourth-order valence-electron chi connectivity index (χ4n) is 2.69. The fourth-order valence-corrected chi connectivity index (χ4v) is 3.33. The van der Waals surface area contributed by atoms with Crippen molar-refractivity contribution < 1.29 is 4.79 Å². The summed E-state index contributed by atoms with van der Waals surface area (Å²) in [6.07, 6.45) is 4.09. The van der Waals surface area contributed by atoms with Gasteiger partial charge in [0.15, 0.2) is 0 Å². The van der Waals surface area contributed by atoms with E-state index in [1.54, 1.807) is 23.7 Å². The van der Waals surface area contributed by atoms with E-state index in [4.69, 9.17) is 0 Å². The third-order valence-electron chi connectivity index (χ3n) is 3.93. The molecule has 0 aliphatic carbocycles. The average molecular weight is 337 g/mol. The first kappa shape index (κ1) is 16.3. The number of aromatic nitrogens is 2. The third kappa shape index (κ3) is 3.68. The van der Waals surface area contributed by atoms with Crippen molar-refractivity contribution in [1.82, 2.24) is 15.3 Å². The lowest BCUT2D eigenvalue weighted by Crippen LogP contribution is -2.29. The van der Waals surface area contributed by atoms with Crippen molar-refractivity contribution in [3.05, 3.63) is 70.8 Å². The summed E-state index contributed by atoms with van der Waals surface area (Å²) in [5.41, 5.74) is 3.68. The number of hydrogen-bond acceptors (Lipinski definition) is 4. The van der Waals surface area contributed by atoms with Gasteiger partial charge in [-0.15, -0.1) is 0 Å². The Hall–Kier alpha value is -2.53. The number of thiophene rings is 1. The molecule has 2 aromatic heterocycles. The molecule has 0 radical (unpaired) electrons. The number of nitrogens with one attached hydrogen (secondary N) is 1. The Labute approximate surface area is 145 Å². The molecule has 0 spiro atoms. The van der Waals surface area contributed by atoms with Crippen molar-refractivity contribution in [2.45, 2.75) is 25.8 Å². The molecule has 3 aromatic rings. The van der Waals surface area contributed by atoms with Crippen LogP contribution in [0.1, 0.15) is 30.5 Å². The molecule has 1 amide bonds. The molecule has 0 aliphatic rings. The SMILES string of the molecule is CC[C@H](C(=O)NCc1nccnc1-c1ccsc1)c1ccccc1. The van der Waals surface area contributed by atoms with Gasteiger partial charge in [-0.3, -0.25) is 14.8 Å². The first-order valence-corrected chi connectivity index (χ1v) is 8.89. The molecule has 24 heavy (non-hydrogen) atoms. The van der Waals surface area contributed by atoms with Gasteiger partial charge in [-0.05, 0) is 23.4 Å². The van der Waals surface area contributed by atoms with E-state index < -0.39 is 0 Å². The Morgan fingerprint density at radius 2 is 1.96 bits per heavy atom. The number of rotatable bonds is 6. The maximum absolute atomic E-state index is 12.6. The highest BCUT2D eigenvalue weighted by Gasteiger charge is 2.19. The molecule has 3 rings (SSSR count). The van der Waals surface area contributed by atoms with Crippen LogP contribution >= 0.6 is 11.3 Å². The maximum atomic E-state index is 12.6. The molecule has 0 saturated carbocycles. The second kappa shape index (κ2) is 7.84. The van der Waals surface area contributed by atoms with E-state index in [9.17, 15) is 4.79 Å². The lowest BCUT2D eigenvalue weighted by Gasteiger charge is -2.15. The molecule has 0 unspecified atom stereocenters. The van der Waals surface area contributed by atoms with Crippen LogP contribution < -0.4 is 5.32 Å². The number of amides is 1. The van der Waals surface area contributed by atoms with Gasteiger partial charge in [0.2, 0.25) is 5.91 Å². The Bertz CT molecular complexity index is 787. The summed E-state index contributed by atoms with van der Waals surface area (Å²) in [4.78, 5) is 21.4. The minimum Gasteiger partial charge on any atom is -0.350 e. The standard InChI is InChI=1S/C19H19N3OS/c1-2-16(14-6-4-3-5-7-14)19(23)22-12-17-18(21-10-9-20-17)15-8-11-24-13-15/h3-11,13,16H,2,12H2,1H3,(H,22,23)/t16-/m0/s1. The first-order chi connectivity index (χ1) is 11.8. The number of benzene rings is 1. The van der Waals surface area contributed by atoms with Crippen molar-refractivity contribution in [2.75, 3.05) is 0 Å². The van der Waals surface area contributed by atoms with Gasteiger partial charge in [-0.25, -0.2) is 0 Å². The third-order valence-corrected chi connectivity index (χ3v) is 4.61. The highest BCUT2D eigenvalue weighted by Crippen LogP contribution is 2.23. The van der Waals surface area contributed by atoms with E-state index in [1.807, 2.05) is 54.1 Å². The average Bonchev–Trinajstić information content (AvgIpc) is 3.16. The second-order valence-electron chi connectivity index (χ2n) is 5.45. The summed E-state index contributed by atoms with van der Waals surface area (Å²) in [7, 11) is 0. The number of carbonyl (C=O) groups is 1. The Kier molecular flexibility index (Phi) is 5.33. The van der Waals surface area contributed by atoms with Gasteiger partial charge in [0.25, 0.3) is 0 Å². The predicted octanol–water partition coefficient (Wildman–Crippen LogP) is 4.02. The van der Waals surface area contributed by atoms with Crippen LogP contribution in [0.15, 0.2) is 59.6 Å². The smallest absolute Gasteiger partial charge is 0.227 e. The molecule has 0 aliphatic heterocycles. The number of carbonyl (C=O) groups excluding carboxylic acids is 1. The summed E-state index contributed by atoms with van der Waals surface area (Å²) in [5.74, 6) is -0.127. The van der Waals surface area contributed by atoms with Crippen LogP contribution in [0.4, 0.5) is 0 Å². The molecule has 1 aromatic carbocycles. The van der Waals surface area contributed by atoms with Crippen LogP contribution in [-0.2, 0) is 11.3 Å². The van der Waals surface area contributed by atoms with Gasteiger partial charge in [0.1, 0.15) is 0 Å². The second-order valence-corrected chi connectivity index (χ2v) is 6.23. The van der Waals surface area contributed by atoms with E-state index >= 15 is 0 Å². The molecule has 1 atom stereocenters. The molecular formula is C19H19N3OS. The van der Waals surface area contributed by atoms with Crippen LogP contribution in [0.5, 0.6) is 0 Å². The van der Waals surface area contributed by atoms with Crippen LogP contribution in [0, 0.1) is 0 Å².